The van der Waals surface area contributed by atoms with Gasteiger partial charge in [-0.05, 0) is 25.7 Å². The smallest absolute Gasteiger partial charge is 0.0569 e. The van der Waals surface area contributed by atoms with Crippen molar-refractivity contribution >= 4 is 0 Å². The molecule has 0 radical (unpaired) electrons. The normalized spacial score (nSPS) is 49.7. The van der Waals surface area contributed by atoms with Crippen molar-refractivity contribution in [1.29, 1.82) is 0 Å². The van der Waals surface area contributed by atoms with Gasteiger partial charge < -0.3 is 10.4 Å². The lowest BCUT2D eigenvalue weighted by Crippen LogP contribution is -2.40. The lowest BCUT2D eigenvalue weighted by atomic mass is 10.0. The Morgan fingerprint density at radius 2 is 1.67 bits per heavy atom. The average molecular weight is 127 g/mol. The van der Waals surface area contributed by atoms with Gasteiger partial charge in [-0.25, -0.2) is 0 Å². The Morgan fingerprint density at radius 3 is 2.22 bits per heavy atom. The molecule has 2 aliphatic rings. The van der Waals surface area contributed by atoms with Crippen LogP contribution in [0.5, 0.6) is 0 Å². The van der Waals surface area contributed by atoms with Gasteiger partial charge in [0.15, 0.2) is 0 Å². The monoisotopic (exact) mass is 127 g/mol. The summed E-state index contributed by atoms with van der Waals surface area (Å²) in [4.78, 5) is 0. The first-order chi connectivity index (χ1) is 4.34. The predicted molar refractivity (Wildman–Crippen MR) is 35.2 cm³/mol. The van der Waals surface area contributed by atoms with E-state index >= 15 is 0 Å². The molecule has 2 heterocycles. The molecule has 0 aromatic carbocycles. The van der Waals surface area contributed by atoms with Crippen LogP contribution in [-0.4, -0.2) is 23.3 Å². The minimum Gasteiger partial charge on any atom is -0.393 e. The molecular formula is C7H13NO. The van der Waals surface area contributed by atoms with E-state index in [9.17, 15) is 5.11 Å². The first kappa shape index (κ1) is 5.69. The summed E-state index contributed by atoms with van der Waals surface area (Å²) in [6, 6.07) is 1.28. The van der Waals surface area contributed by atoms with Crippen LogP contribution in [-0.2, 0) is 0 Å². The van der Waals surface area contributed by atoms with Crippen LogP contribution in [0.3, 0.4) is 0 Å². The van der Waals surface area contributed by atoms with E-state index in [-0.39, 0.29) is 6.10 Å². The molecule has 2 heteroatoms. The zero-order chi connectivity index (χ0) is 6.27. The average Bonchev–Trinajstić information content (AvgIpc) is 2.11. The number of piperidine rings is 1. The number of rotatable bonds is 0. The highest BCUT2D eigenvalue weighted by Gasteiger charge is 2.31. The highest BCUT2D eigenvalue weighted by molar-refractivity contribution is 4.91. The third-order valence-electron chi connectivity index (χ3n) is 2.45. The van der Waals surface area contributed by atoms with Gasteiger partial charge in [-0.1, -0.05) is 0 Å². The number of fused-ring (bicyclic) bond motifs is 2. The molecule has 2 fully saturated rings. The Morgan fingerprint density at radius 1 is 1.11 bits per heavy atom. The maximum absolute atomic E-state index is 9.25. The Hall–Kier alpha value is -0.0800. The Bertz CT molecular complexity index is 103. The van der Waals surface area contributed by atoms with Gasteiger partial charge in [-0.2, -0.15) is 0 Å². The number of hydrogen-bond donors (Lipinski definition) is 2. The van der Waals surface area contributed by atoms with Crippen LogP contribution in [0, 0.1) is 0 Å². The van der Waals surface area contributed by atoms with Crippen LogP contribution < -0.4 is 5.32 Å². The molecule has 2 N–H and O–H groups in total. The van der Waals surface area contributed by atoms with Crippen LogP contribution in [0.4, 0.5) is 0 Å². The molecule has 2 nitrogen and oxygen atoms in total. The molecule has 0 spiro atoms. The summed E-state index contributed by atoms with van der Waals surface area (Å²) in [5, 5.41) is 12.7. The van der Waals surface area contributed by atoms with Crippen LogP contribution in [0.25, 0.3) is 0 Å². The fourth-order valence-corrected chi connectivity index (χ4v) is 2.03. The van der Waals surface area contributed by atoms with Crippen molar-refractivity contribution in [2.24, 2.45) is 0 Å². The second-order valence-electron chi connectivity index (χ2n) is 3.26. The molecule has 2 rings (SSSR count). The molecule has 52 valence electrons. The minimum absolute atomic E-state index is 0.0104. The van der Waals surface area contributed by atoms with E-state index in [1.54, 1.807) is 0 Å². The van der Waals surface area contributed by atoms with Crippen LogP contribution in [0.2, 0.25) is 0 Å². The van der Waals surface area contributed by atoms with Gasteiger partial charge in [0.05, 0.1) is 6.10 Å². The summed E-state index contributed by atoms with van der Waals surface area (Å²) >= 11 is 0. The van der Waals surface area contributed by atoms with Crippen molar-refractivity contribution in [3.05, 3.63) is 0 Å². The summed E-state index contributed by atoms with van der Waals surface area (Å²) in [6.07, 6.45) is 4.51. The van der Waals surface area contributed by atoms with Gasteiger partial charge in [-0.15, -0.1) is 0 Å². The zero-order valence-corrected chi connectivity index (χ0v) is 5.51. The highest BCUT2D eigenvalue weighted by Crippen LogP contribution is 2.26. The Kier molecular flexibility index (Phi) is 1.24. The molecule has 9 heavy (non-hydrogen) atoms. The largest absolute Gasteiger partial charge is 0.393 e. The van der Waals surface area contributed by atoms with E-state index in [0.717, 1.165) is 12.8 Å². The maximum Gasteiger partial charge on any atom is 0.0569 e. The summed E-state index contributed by atoms with van der Waals surface area (Å²) in [5.74, 6) is 0. The van der Waals surface area contributed by atoms with Crippen molar-refractivity contribution in [1.82, 2.24) is 5.32 Å². The van der Waals surface area contributed by atoms with E-state index in [1.807, 2.05) is 0 Å². The molecule has 0 amide bonds. The van der Waals surface area contributed by atoms with Gasteiger partial charge in [-0.3, -0.25) is 0 Å². The molecule has 0 aliphatic carbocycles. The van der Waals surface area contributed by atoms with Crippen molar-refractivity contribution in [3.63, 3.8) is 0 Å². The van der Waals surface area contributed by atoms with Gasteiger partial charge >= 0.3 is 0 Å². The third kappa shape index (κ3) is 0.970. The predicted octanol–water partition coefficient (Wildman–Crippen LogP) is 0.262. The third-order valence-corrected chi connectivity index (χ3v) is 2.45. The number of hydrogen-bond acceptors (Lipinski definition) is 2. The van der Waals surface area contributed by atoms with Gasteiger partial charge in [0, 0.05) is 12.1 Å². The number of aliphatic hydroxyl groups excluding tert-OH is 1. The zero-order valence-electron chi connectivity index (χ0n) is 5.51. The van der Waals surface area contributed by atoms with Crippen molar-refractivity contribution in [2.75, 3.05) is 0 Å². The molecular weight excluding hydrogens is 114 g/mol. The number of nitrogens with one attached hydrogen (secondary N) is 1. The standard InChI is InChI=1S/C7H13NO/c9-7-3-5-1-2-6(4-7)8-5/h5-9H,1-4H2/t5-,6+,7+. The molecule has 0 aromatic heterocycles. The topological polar surface area (TPSA) is 32.3 Å². The minimum atomic E-state index is -0.0104. The van der Waals surface area contributed by atoms with Gasteiger partial charge in [0.2, 0.25) is 0 Å². The van der Waals surface area contributed by atoms with Crippen LogP contribution in [0.1, 0.15) is 25.7 Å². The van der Waals surface area contributed by atoms with Crippen LogP contribution >= 0.6 is 0 Å². The molecule has 2 saturated heterocycles. The quantitative estimate of drug-likeness (QED) is 0.489. The maximum atomic E-state index is 9.25. The molecule has 3 atom stereocenters. The molecule has 0 unspecified atom stereocenters. The van der Waals surface area contributed by atoms with Crippen molar-refractivity contribution < 1.29 is 5.11 Å². The summed E-state index contributed by atoms with van der Waals surface area (Å²) in [5.41, 5.74) is 0. The Labute approximate surface area is 55.3 Å². The second kappa shape index (κ2) is 1.96. The molecule has 0 aromatic rings. The molecule has 0 saturated carbocycles. The van der Waals surface area contributed by atoms with Gasteiger partial charge in [0.1, 0.15) is 0 Å². The van der Waals surface area contributed by atoms with Crippen molar-refractivity contribution in [3.8, 4) is 0 Å². The first-order valence-corrected chi connectivity index (χ1v) is 3.79. The lowest BCUT2D eigenvalue weighted by Gasteiger charge is -2.24. The fraction of sp³-hybridized carbons (Fsp3) is 1.00. The summed E-state index contributed by atoms with van der Waals surface area (Å²) in [7, 11) is 0. The highest BCUT2D eigenvalue weighted by atomic mass is 16.3. The van der Waals surface area contributed by atoms with E-state index in [2.05, 4.69) is 5.32 Å². The van der Waals surface area contributed by atoms with Gasteiger partial charge in [0.25, 0.3) is 0 Å². The first-order valence-electron chi connectivity index (χ1n) is 3.79. The van der Waals surface area contributed by atoms with E-state index in [4.69, 9.17) is 0 Å². The SMILES string of the molecule is O[C@H]1C[C@H]2CC[C@@H](C1)N2. The van der Waals surface area contributed by atoms with E-state index < -0.39 is 0 Å². The van der Waals surface area contributed by atoms with Crippen molar-refractivity contribution in [2.45, 2.75) is 43.9 Å². The lowest BCUT2D eigenvalue weighted by molar-refractivity contribution is 0.114. The fourth-order valence-electron chi connectivity index (χ4n) is 2.03. The van der Waals surface area contributed by atoms with E-state index in [0.29, 0.717) is 12.1 Å². The number of aliphatic hydroxyl groups is 1. The summed E-state index contributed by atoms with van der Waals surface area (Å²) < 4.78 is 0. The van der Waals surface area contributed by atoms with Crippen LogP contribution in [0.15, 0.2) is 0 Å². The molecule has 2 bridgehead atoms. The second-order valence-corrected chi connectivity index (χ2v) is 3.26. The van der Waals surface area contributed by atoms with E-state index in [1.165, 1.54) is 12.8 Å². The molecule has 2 aliphatic heterocycles. The summed E-state index contributed by atoms with van der Waals surface area (Å²) in [6.45, 7) is 0. The Balaban J connectivity index is 2.03.